The zero-order valence-electron chi connectivity index (χ0n) is 32.6. The maximum Gasteiger partial charge on any atom is 0.309 e. The van der Waals surface area contributed by atoms with E-state index in [4.69, 9.17) is 30.5 Å². The van der Waals surface area contributed by atoms with Crippen molar-refractivity contribution in [3.8, 4) is 0 Å². The van der Waals surface area contributed by atoms with E-state index in [-0.39, 0.29) is 50.1 Å². The smallest absolute Gasteiger partial charge is 0.309 e. The highest BCUT2D eigenvalue weighted by Crippen LogP contribution is 2.41. The quantitative estimate of drug-likeness (QED) is 0.0749. The van der Waals surface area contributed by atoms with Gasteiger partial charge in [0.25, 0.3) is 0 Å². The molecule has 1 saturated heterocycles. The highest BCUT2D eigenvalue weighted by molar-refractivity contribution is 6.30. The molecule has 0 amide bonds. The monoisotopic (exact) mass is 763 g/mol. The summed E-state index contributed by atoms with van der Waals surface area (Å²) in [5.74, 6) is -1.48. The number of epoxide rings is 1. The Labute approximate surface area is 320 Å². The molecule has 53 heavy (non-hydrogen) atoms. The van der Waals surface area contributed by atoms with E-state index in [0.29, 0.717) is 30.1 Å². The molecule has 8 unspecified atom stereocenters. The van der Waals surface area contributed by atoms with Gasteiger partial charge in [-0.05, 0) is 75.8 Å². The van der Waals surface area contributed by atoms with Crippen LogP contribution in [0.15, 0.2) is 60.2 Å². The van der Waals surface area contributed by atoms with Crippen LogP contribution in [0.5, 0.6) is 0 Å². The highest BCUT2D eigenvalue weighted by Gasteiger charge is 2.56. The Bertz CT molecular complexity index is 1410. The minimum absolute atomic E-state index is 0.0138. The Balaban J connectivity index is 1.98. The number of aliphatic hydroxyl groups is 4. The number of aliphatic hydroxyl groups excluding tert-OH is 2. The molecular formula is C41H62ClNO10. The van der Waals surface area contributed by atoms with Crippen LogP contribution in [0, 0.1) is 11.8 Å². The third-order valence-corrected chi connectivity index (χ3v) is 10.7. The molecule has 0 saturated carbocycles. The largest absolute Gasteiger partial charge is 0.457 e. The van der Waals surface area contributed by atoms with Gasteiger partial charge < -0.3 is 39.4 Å². The minimum Gasteiger partial charge on any atom is -0.457 e. The van der Waals surface area contributed by atoms with Gasteiger partial charge in [-0.1, -0.05) is 68.8 Å². The first-order valence-electron chi connectivity index (χ1n) is 18.7. The first kappa shape index (κ1) is 44.8. The zero-order chi connectivity index (χ0) is 39.5. The average Bonchev–Trinajstić information content (AvgIpc) is 3.87. The van der Waals surface area contributed by atoms with Crippen LogP contribution in [-0.2, 0) is 35.1 Å². The van der Waals surface area contributed by atoms with Crippen LogP contribution in [0.4, 0.5) is 0 Å². The summed E-state index contributed by atoms with van der Waals surface area (Å²) in [5.41, 5.74) is -1.23. The molecule has 0 aliphatic carbocycles. The first-order valence-corrected chi connectivity index (χ1v) is 19.1. The zero-order valence-corrected chi connectivity index (χ0v) is 33.4. The van der Waals surface area contributed by atoms with Gasteiger partial charge in [-0.15, -0.1) is 0 Å². The number of cyclic esters (lactones) is 1. The number of hydrogen-bond acceptors (Lipinski definition) is 11. The second-order valence-electron chi connectivity index (χ2n) is 15.2. The molecule has 1 fully saturated rings. The van der Waals surface area contributed by atoms with E-state index in [0.717, 1.165) is 12.0 Å². The van der Waals surface area contributed by atoms with Crippen LogP contribution in [0.2, 0.25) is 5.02 Å². The lowest BCUT2D eigenvalue weighted by Gasteiger charge is -2.39. The van der Waals surface area contributed by atoms with Crippen molar-refractivity contribution in [1.82, 2.24) is 4.90 Å². The molecule has 0 spiro atoms. The second-order valence-corrected chi connectivity index (χ2v) is 15.6. The van der Waals surface area contributed by atoms with Crippen LogP contribution < -0.4 is 0 Å². The van der Waals surface area contributed by atoms with E-state index in [1.807, 2.05) is 38.1 Å². The van der Waals surface area contributed by atoms with Crippen molar-refractivity contribution >= 4 is 23.5 Å². The van der Waals surface area contributed by atoms with E-state index in [9.17, 15) is 30.0 Å². The van der Waals surface area contributed by atoms with E-state index >= 15 is 0 Å². The number of rotatable bonds is 16. The van der Waals surface area contributed by atoms with Gasteiger partial charge in [0.1, 0.15) is 23.9 Å². The maximum absolute atomic E-state index is 13.0. The second kappa shape index (κ2) is 20.3. The average molecular weight is 764 g/mol. The number of carbonyl (C=O) groups excluding carboxylic acids is 2. The Hall–Kier alpha value is -2.61. The number of halogens is 1. The fraction of sp³-hybridized carbons (Fsp3) is 0.659. The number of methoxy groups -OCH3 is 1. The third-order valence-electron chi connectivity index (χ3n) is 10.4. The number of allylic oxidation sites excluding steroid dienone is 2. The molecule has 11 atom stereocenters. The van der Waals surface area contributed by atoms with Gasteiger partial charge in [0.15, 0.2) is 0 Å². The minimum atomic E-state index is -1.47. The number of benzene rings is 1. The fourth-order valence-corrected chi connectivity index (χ4v) is 7.45. The summed E-state index contributed by atoms with van der Waals surface area (Å²) in [6.07, 6.45) is 6.53. The lowest BCUT2D eigenvalue weighted by atomic mass is 9.85. The molecule has 0 radical (unpaired) electrons. The van der Waals surface area contributed by atoms with Crippen molar-refractivity contribution in [2.75, 3.05) is 20.3 Å². The van der Waals surface area contributed by atoms with Gasteiger partial charge in [0, 0.05) is 50.6 Å². The van der Waals surface area contributed by atoms with Crippen molar-refractivity contribution in [2.24, 2.45) is 11.8 Å². The summed E-state index contributed by atoms with van der Waals surface area (Å²) in [4.78, 5) is 27.0. The van der Waals surface area contributed by atoms with Gasteiger partial charge >= 0.3 is 11.9 Å². The molecule has 11 nitrogen and oxygen atoms in total. The Morgan fingerprint density at radius 1 is 1.21 bits per heavy atom. The van der Waals surface area contributed by atoms with Crippen LogP contribution in [0.25, 0.3) is 0 Å². The maximum atomic E-state index is 13.0. The molecule has 4 N–H and O–H groups in total. The van der Waals surface area contributed by atoms with Crippen LogP contribution in [-0.4, -0.2) is 111 Å². The third kappa shape index (κ3) is 13.3. The standard InChI is InChI=1S/C41H62ClNO10/c1-9-33(50-8)28(4)37-38(53-37)39(43(22-11-23-44)25-30-14-16-31(42)17-15-30)41(7,49)20-10-12-26(2)36-27(3)13-18-34(51-29(5)45)40(6,48)21-19-32(46)24-35(47)52-36/h10,12-18,20,27-28,32-34,36-39,44,46,48-49H,9,11,19,21-25H2,1-8H3/b18-13+,20-10+,26-12+/t27?,28?,32?,33-,34-,36+,37?,38?,39?,40?,41?/m0/s1. The van der Waals surface area contributed by atoms with Crippen molar-refractivity contribution in [1.29, 1.82) is 0 Å². The molecule has 0 aromatic heterocycles. The fourth-order valence-electron chi connectivity index (χ4n) is 7.32. The molecule has 2 heterocycles. The molecule has 2 aliphatic rings. The number of nitrogens with zero attached hydrogens (tertiary/aromatic N) is 1. The number of carbonyl (C=O) groups is 2. The normalized spacial score (nSPS) is 30.8. The molecule has 3 rings (SSSR count). The van der Waals surface area contributed by atoms with Gasteiger partial charge in [0.2, 0.25) is 0 Å². The Kier molecular flexibility index (Phi) is 17.2. The van der Waals surface area contributed by atoms with Crippen LogP contribution in [0.1, 0.15) is 86.1 Å². The van der Waals surface area contributed by atoms with E-state index in [1.165, 1.54) is 13.8 Å². The van der Waals surface area contributed by atoms with Crippen molar-refractivity contribution in [3.63, 3.8) is 0 Å². The molecule has 2 aliphatic heterocycles. The van der Waals surface area contributed by atoms with Crippen molar-refractivity contribution in [2.45, 2.75) is 141 Å². The van der Waals surface area contributed by atoms with Crippen molar-refractivity contribution < 1.29 is 49.0 Å². The molecule has 298 valence electrons. The van der Waals surface area contributed by atoms with Crippen LogP contribution in [0.3, 0.4) is 0 Å². The lowest BCUT2D eigenvalue weighted by molar-refractivity contribution is -0.157. The molecule has 1 aromatic carbocycles. The lowest BCUT2D eigenvalue weighted by Crippen LogP contribution is -2.54. The summed E-state index contributed by atoms with van der Waals surface area (Å²) >= 11 is 6.18. The summed E-state index contributed by atoms with van der Waals surface area (Å²) in [6, 6.07) is 7.04. The predicted octanol–water partition coefficient (Wildman–Crippen LogP) is 5.31. The molecule has 0 bridgehead atoms. The molecule has 12 heteroatoms. The van der Waals surface area contributed by atoms with Crippen LogP contribution >= 0.6 is 11.6 Å². The first-order chi connectivity index (χ1) is 24.9. The SMILES string of the molecule is CC[C@H](OC)C(C)C1OC1C(N(CCCO)Cc1ccc(Cl)cc1)C(C)(O)/C=C/C=C(\C)[C@H]1OC(=O)CC(O)CCC(C)(O)[C@@H](OC(C)=O)/C=C/C1C. The molecule has 1 aromatic rings. The van der Waals surface area contributed by atoms with Gasteiger partial charge in [-0.25, -0.2) is 0 Å². The predicted molar refractivity (Wildman–Crippen MR) is 204 cm³/mol. The number of esters is 2. The summed E-state index contributed by atoms with van der Waals surface area (Å²) < 4.78 is 23.4. The van der Waals surface area contributed by atoms with E-state index in [1.54, 1.807) is 44.4 Å². The van der Waals surface area contributed by atoms with E-state index < -0.39 is 53.4 Å². The Morgan fingerprint density at radius 3 is 2.49 bits per heavy atom. The van der Waals surface area contributed by atoms with Gasteiger partial charge in [0.05, 0.1) is 36.4 Å². The molecular weight excluding hydrogens is 702 g/mol. The number of hydrogen-bond donors (Lipinski definition) is 4. The summed E-state index contributed by atoms with van der Waals surface area (Å²) in [7, 11) is 1.70. The topological polar surface area (TPSA) is 159 Å². The van der Waals surface area contributed by atoms with E-state index in [2.05, 4.69) is 18.7 Å². The summed E-state index contributed by atoms with van der Waals surface area (Å²) in [6.45, 7) is 13.3. The van der Waals surface area contributed by atoms with Crippen molar-refractivity contribution in [3.05, 3.63) is 70.8 Å². The highest BCUT2D eigenvalue weighted by atomic mass is 35.5. The van der Waals surface area contributed by atoms with Gasteiger partial charge in [-0.3, -0.25) is 14.5 Å². The summed E-state index contributed by atoms with van der Waals surface area (Å²) in [5, 5.41) is 44.4. The van der Waals surface area contributed by atoms with Gasteiger partial charge in [-0.2, -0.15) is 0 Å². The number of ether oxygens (including phenoxy) is 4. The Morgan fingerprint density at radius 2 is 1.89 bits per heavy atom.